The largest absolute Gasteiger partial charge is 0.381 e. The predicted octanol–water partition coefficient (Wildman–Crippen LogP) is 4.29. The number of rotatable bonds is 5. The number of piperazine rings is 1. The van der Waals surface area contributed by atoms with Gasteiger partial charge >= 0.3 is 6.03 Å². The minimum Gasteiger partial charge on any atom is -0.381 e. The minimum atomic E-state index is -0.259. The van der Waals surface area contributed by atoms with Crippen LogP contribution in [0.4, 0.5) is 10.5 Å². The Labute approximate surface area is 195 Å². The summed E-state index contributed by atoms with van der Waals surface area (Å²) < 4.78 is 11.5. The Morgan fingerprint density at radius 2 is 1.72 bits per heavy atom. The minimum absolute atomic E-state index is 0.0625. The van der Waals surface area contributed by atoms with E-state index in [1.807, 2.05) is 24.1 Å². The van der Waals surface area contributed by atoms with Gasteiger partial charge in [0.1, 0.15) is 0 Å². The first kappa shape index (κ1) is 23.1. The molecule has 0 N–H and O–H groups in total. The standard InChI is InChI=1S/C25H33N3O3S/c1-26-13-15-28(16-14-26)24(29)27(2)21-7-9-22(10-8-21)32-23-6-4-5-20(19-23)25(30-3)11-17-31-18-12-25/h4-10,19H,11-18H2,1-3H3. The highest BCUT2D eigenvalue weighted by molar-refractivity contribution is 7.99. The molecule has 172 valence electrons. The van der Waals surface area contributed by atoms with Gasteiger partial charge in [0.25, 0.3) is 0 Å². The number of methoxy groups -OCH3 is 1. The van der Waals surface area contributed by atoms with Crippen LogP contribution in [0.25, 0.3) is 0 Å². The molecule has 0 unspecified atom stereocenters. The quantitative estimate of drug-likeness (QED) is 0.673. The maximum Gasteiger partial charge on any atom is 0.324 e. The zero-order valence-electron chi connectivity index (χ0n) is 19.3. The van der Waals surface area contributed by atoms with E-state index < -0.39 is 0 Å². The van der Waals surface area contributed by atoms with E-state index in [1.165, 1.54) is 10.5 Å². The number of anilines is 1. The lowest BCUT2D eigenvalue weighted by Gasteiger charge is -2.36. The van der Waals surface area contributed by atoms with Crippen LogP contribution in [0.15, 0.2) is 58.3 Å². The molecule has 2 saturated heterocycles. The monoisotopic (exact) mass is 455 g/mol. The molecule has 2 aromatic carbocycles. The number of amides is 2. The number of benzene rings is 2. The normalized spacial score (nSPS) is 19.0. The molecular formula is C25H33N3O3S. The number of hydrogen-bond acceptors (Lipinski definition) is 5. The van der Waals surface area contributed by atoms with Crippen LogP contribution >= 0.6 is 11.8 Å². The molecule has 6 nitrogen and oxygen atoms in total. The lowest BCUT2D eigenvalue weighted by atomic mass is 9.86. The van der Waals surface area contributed by atoms with Crippen LogP contribution in [0.3, 0.4) is 0 Å². The third-order valence-corrected chi connectivity index (χ3v) is 7.57. The van der Waals surface area contributed by atoms with Gasteiger partial charge in [-0.3, -0.25) is 4.90 Å². The molecule has 0 saturated carbocycles. The van der Waals surface area contributed by atoms with E-state index in [2.05, 4.69) is 48.3 Å². The molecule has 2 aliphatic heterocycles. The van der Waals surface area contributed by atoms with Crippen molar-refractivity contribution >= 4 is 23.5 Å². The first-order chi connectivity index (χ1) is 15.5. The van der Waals surface area contributed by atoms with E-state index in [4.69, 9.17) is 9.47 Å². The molecule has 32 heavy (non-hydrogen) atoms. The molecule has 4 rings (SSSR count). The SMILES string of the molecule is COC1(c2cccc(Sc3ccc(N(C)C(=O)N4CCN(C)CC4)cc3)c2)CCOCC1. The Kier molecular flexibility index (Phi) is 7.40. The molecule has 2 aromatic rings. The Bertz CT molecular complexity index is 907. The van der Waals surface area contributed by atoms with Crippen molar-refractivity contribution in [3.63, 3.8) is 0 Å². The third kappa shape index (κ3) is 5.12. The molecule has 2 aliphatic rings. The van der Waals surface area contributed by atoms with Crippen LogP contribution in [0.2, 0.25) is 0 Å². The summed E-state index contributed by atoms with van der Waals surface area (Å²) in [7, 11) is 5.74. The van der Waals surface area contributed by atoms with Gasteiger partial charge in [-0.1, -0.05) is 23.9 Å². The fraction of sp³-hybridized carbons (Fsp3) is 0.480. The zero-order chi connectivity index (χ0) is 22.6. The van der Waals surface area contributed by atoms with Crippen LogP contribution in [0, 0.1) is 0 Å². The summed E-state index contributed by atoms with van der Waals surface area (Å²) in [4.78, 5) is 21.1. The van der Waals surface area contributed by atoms with E-state index in [-0.39, 0.29) is 11.6 Å². The molecule has 0 aromatic heterocycles. The number of hydrogen-bond donors (Lipinski definition) is 0. The summed E-state index contributed by atoms with van der Waals surface area (Å²) in [5, 5.41) is 0. The molecule has 2 fully saturated rings. The van der Waals surface area contributed by atoms with Gasteiger partial charge in [-0.15, -0.1) is 0 Å². The van der Waals surface area contributed by atoms with Crippen LogP contribution < -0.4 is 4.90 Å². The fourth-order valence-electron chi connectivity index (χ4n) is 4.35. The van der Waals surface area contributed by atoms with Crippen molar-refractivity contribution in [1.82, 2.24) is 9.80 Å². The van der Waals surface area contributed by atoms with E-state index >= 15 is 0 Å². The van der Waals surface area contributed by atoms with Gasteiger partial charge in [-0.2, -0.15) is 0 Å². The molecule has 0 aliphatic carbocycles. The van der Waals surface area contributed by atoms with Crippen molar-refractivity contribution in [2.45, 2.75) is 28.2 Å². The topological polar surface area (TPSA) is 45.2 Å². The van der Waals surface area contributed by atoms with Crippen molar-refractivity contribution in [2.24, 2.45) is 0 Å². The summed E-state index contributed by atoms with van der Waals surface area (Å²) >= 11 is 1.73. The highest BCUT2D eigenvalue weighted by atomic mass is 32.2. The smallest absolute Gasteiger partial charge is 0.324 e. The number of ether oxygens (including phenoxy) is 2. The lowest BCUT2D eigenvalue weighted by Crippen LogP contribution is -2.51. The van der Waals surface area contributed by atoms with Gasteiger partial charge in [0, 0.05) is 81.9 Å². The molecule has 2 heterocycles. The first-order valence-electron chi connectivity index (χ1n) is 11.2. The van der Waals surface area contributed by atoms with Crippen molar-refractivity contribution in [3.05, 3.63) is 54.1 Å². The van der Waals surface area contributed by atoms with Crippen molar-refractivity contribution in [1.29, 1.82) is 0 Å². The van der Waals surface area contributed by atoms with E-state index in [0.29, 0.717) is 0 Å². The number of carbonyl (C=O) groups excluding carboxylic acids is 1. The van der Waals surface area contributed by atoms with Crippen LogP contribution in [0.5, 0.6) is 0 Å². The number of likely N-dealkylation sites (N-methyl/N-ethyl adjacent to an activating group) is 1. The molecule has 0 bridgehead atoms. The van der Waals surface area contributed by atoms with Crippen LogP contribution in [-0.2, 0) is 15.1 Å². The average molecular weight is 456 g/mol. The molecule has 0 radical (unpaired) electrons. The molecule has 2 amide bonds. The number of nitrogens with zero attached hydrogens (tertiary/aromatic N) is 3. The zero-order valence-corrected chi connectivity index (χ0v) is 20.1. The molecule has 7 heteroatoms. The van der Waals surface area contributed by atoms with Gasteiger partial charge in [0.15, 0.2) is 0 Å². The fourth-order valence-corrected chi connectivity index (χ4v) is 5.23. The van der Waals surface area contributed by atoms with Crippen LogP contribution in [-0.4, -0.2) is 76.4 Å². The highest BCUT2D eigenvalue weighted by Gasteiger charge is 2.34. The average Bonchev–Trinajstić information content (AvgIpc) is 2.85. The summed E-state index contributed by atoms with van der Waals surface area (Å²) in [5.41, 5.74) is 1.86. The maximum absolute atomic E-state index is 12.8. The van der Waals surface area contributed by atoms with Gasteiger partial charge in [-0.25, -0.2) is 4.79 Å². The van der Waals surface area contributed by atoms with E-state index in [1.54, 1.807) is 23.8 Å². The number of carbonyl (C=O) groups is 1. The van der Waals surface area contributed by atoms with E-state index in [0.717, 1.165) is 62.8 Å². The summed E-state index contributed by atoms with van der Waals surface area (Å²) in [6.07, 6.45) is 1.75. The Morgan fingerprint density at radius 3 is 2.38 bits per heavy atom. The predicted molar refractivity (Wildman–Crippen MR) is 129 cm³/mol. The summed E-state index contributed by atoms with van der Waals surface area (Å²) in [6, 6.07) is 16.9. The van der Waals surface area contributed by atoms with Crippen molar-refractivity contribution in [3.8, 4) is 0 Å². The van der Waals surface area contributed by atoms with E-state index in [9.17, 15) is 4.79 Å². The highest BCUT2D eigenvalue weighted by Crippen LogP contribution is 2.38. The number of urea groups is 1. The Balaban J connectivity index is 1.42. The maximum atomic E-state index is 12.8. The third-order valence-electron chi connectivity index (χ3n) is 6.57. The second-order valence-electron chi connectivity index (χ2n) is 8.57. The van der Waals surface area contributed by atoms with Crippen molar-refractivity contribution in [2.75, 3.05) is 65.5 Å². The lowest BCUT2D eigenvalue weighted by molar-refractivity contribution is -0.0948. The van der Waals surface area contributed by atoms with Crippen LogP contribution in [0.1, 0.15) is 18.4 Å². The van der Waals surface area contributed by atoms with Crippen molar-refractivity contribution < 1.29 is 14.3 Å². The Morgan fingerprint density at radius 1 is 1.03 bits per heavy atom. The summed E-state index contributed by atoms with van der Waals surface area (Å²) in [5.74, 6) is 0. The van der Waals surface area contributed by atoms with Gasteiger partial charge in [0.05, 0.1) is 5.60 Å². The Hall–Kier alpha value is -2.06. The van der Waals surface area contributed by atoms with Gasteiger partial charge < -0.3 is 19.3 Å². The second kappa shape index (κ2) is 10.3. The molecular weight excluding hydrogens is 422 g/mol. The molecule has 0 atom stereocenters. The first-order valence-corrected chi connectivity index (χ1v) is 12.0. The second-order valence-corrected chi connectivity index (χ2v) is 9.71. The summed E-state index contributed by atoms with van der Waals surface area (Å²) in [6.45, 7) is 4.86. The van der Waals surface area contributed by atoms with Gasteiger partial charge in [-0.05, 0) is 49.0 Å². The molecule has 0 spiro atoms. The van der Waals surface area contributed by atoms with Gasteiger partial charge in [0.2, 0.25) is 0 Å².